The number of amides is 1. The lowest BCUT2D eigenvalue weighted by molar-refractivity contribution is 0.0947. The Morgan fingerprint density at radius 2 is 2.04 bits per heavy atom. The number of aromatic nitrogens is 2. The highest BCUT2D eigenvalue weighted by molar-refractivity contribution is 5.94. The first-order valence-electron chi connectivity index (χ1n) is 8.67. The molecule has 3 rings (SSSR count). The van der Waals surface area contributed by atoms with Crippen molar-refractivity contribution in [3.63, 3.8) is 0 Å². The van der Waals surface area contributed by atoms with Gasteiger partial charge in [0.25, 0.3) is 5.91 Å². The lowest BCUT2D eigenvalue weighted by Crippen LogP contribution is -2.32. The Bertz CT molecular complexity index is 773. The minimum absolute atomic E-state index is 0.224. The van der Waals surface area contributed by atoms with Crippen molar-refractivity contribution in [2.75, 3.05) is 19.6 Å². The second kappa shape index (κ2) is 7.74. The van der Waals surface area contributed by atoms with Crippen molar-refractivity contribution >= 4 is 5.91 Å². The molecule has 1 aliphatic rings. The molecular weight excluding hydrogens is 326 g/mol. The Balaban J connectivity index is 1.80. The molecule has 0 fully saturated rings. The summed E-state index contributed by atoms with van der Waals surface area (Å²) in [5.41, 5.74) is 2.62. The maximum Gasteiger partial charge on any atom is 0.272 e. The van der Waals surface area contributed by atoms with Gasteiger partial charge in [0.1, 0.15) is 0 Å². The van der Waals surface area contributed by atoms with Gasteiger partial charge in [-0.1, -0.05) is 6.92 Å². The molecule has 0 aliphatic heterocycles. The number of benzene rings is 1. The molecule has 2 N–H and O–H groups in total. The van der Waals surface area contributed by atoms with E-state index in [2.05, 4.69) is 22.7 Å². The molecule has 7 heteroatoms. The van der Waals surface area contributed by atoms with E-state index in [4.69, 9.17) is 0 Å². The van der Waals surface area contributed by atoms with Crippen LogP contribution in [0.4, 0.5) is 8.78 Å². The number of hydrogen-bond donors (Lipinski definition) is 2. The van der Waals surface area contributed by atoms with E-state index in [1.54, 1.807) is 4.68 Å². The highest BCUT2D eigenvalue weighted by atomic mass is 19.2. The number of carbonyl (C=O) groups is 1. The first kappa shape index (κ1) is 17.5. The highest BCUT2D eigenvalue weighted by Crippen LogP contribution is 2.28. The molecule has 2 aromatic rings. The number of rotatable bonds is 7. The lowest BCUT2D eigenvalue weighted by atomic mass is 10.2. The van der Waals surface area contributed by atoms with Crippen LogP contribution in [0, 0.1) is 11.6 Å². The number of hydrogen-bond acceptors (Lipinski definition) is 3. The Kier molecular flexibility index (Phi) is 5.43. The fourth-order valence-electron chi connectivity index (χ4n) is 3.10. The summed E-state index contributed by atoms with van der Waals surface area (Å²) >= 11 is 0. The van der Waals surface area contributed by atoms with Gasteiger partial charge < -0.3 is 10.6 Å². The number of nitrogens with one attached hydrogen (secondary N) is 2. The fraction of sp³-hybridized carbons (Fsp3) is 0.444. The zero-order valence-corrected chi connectivity index (χ0v) is 14.2. The average molecular weight is 348 g/mol. The molecule has 1 aliphatic carbocycles. The molecule has 1 heterocycles. The Morgan fingerprint density at radius 1 is 1.20 bits per heavy atom. The van der Waals surface area contributed by atoms with E-state index in [9.17, 15) is 13.6 Å². The van der Waals surface area contributed by atoms with Crippen molar-refractivity contribution in [2.24, 2.45) is 0 Å². The third-order valence-electron chi connectivity index (χ3n) is 4.31. The van der Waals surface area contributed by atoms with Crippen LogP contribution in [0.15, 0.2) is 18.2 Å². The summed E-state index contributed by atoms with van der Waals surface area (Å²) in [6.07, 6.45) is 3.51. The molecule has 5 nitrogen and oxygen atoms in total. The first-order valence-corrected chi connectivity index (χ1v) is 8.67. The van der Waals surface area contributed by atoms with Gasteiger partial charge in [0.05, 0.1) is 5.69 Å². The Morgan fingerprint density at radius 3 is 2.80 bits per heavy atom. The van der Waals surface area contributed by atoms with Gasteiger partial charge >= 0.3 is 0 Å². The maximum atomic E-state index is 13.5. The Hall–Kier alpha value is -2.28. The second-order valence-corrected chi connectivity index (χ2v) is 6.14. The maximum absolute atomic E-state index is 13.5. The van der Waals surface area contributed by atoms with Crippen molar-refractivity contribution < 1.29 is 13.6 Å². The normalized spacial score (nSPS) is 13.1. The predicted molar refractivity (Wildman–Crippen MR) is 91.0 cm³/mol. The minimum Gasteiger partial charge on any atom is -0.349 e. The van der Waals surface area contributed by atoms with E-state index in [0.717, 1.165) is 55.6 Å². The smallest absolute Gasteiger partial charge is 0.272 e. The van der Waals surface area contributed by atoms with Crippen molar-refractivity contribution in [2.45, 2.75) is 32.6 Å². The largest absolute Gasteiger partial charge is 0.349 e. The van der Waals surface area contributed by atoms with Gasteiger partial charge in [-0.15, -0.1) is 0 Å². The van der Waals surface area contributed by atoms with Crippen LogP contribution in [0.1, 0.15) is 41.5 Å². The van der Waals surface area contributed by atoms with E-state index in [1.807, 2.05) is 0 Å². The lowest BCUT2D eigenvalue weighted by Gasteiger charge is -2.06. The fourth-order valence-corrected chi connectivity index (χ4v) is 3.10. The van der Waals surface area contributed by atoms with Crippen molar-refractivity contribution in [1.82, 2.24) is 20.4 Å². The summed E-state index contributed by atoms with van der Waals surface area (Å²) in [6, 6.07) is 3.66. The molecule has 0 atom stereocenters. The van der Waals surface area contributed by atoms with E-state index in [-0.39, 0.29) is 5.91 Å². The van der Waals surface area contributed by atoms with Crippen LogP contribution in [0.5, 0.6) is 0 Å². The van der Waals surface area contributed by atoms with Crippen LogP contribution in [-0.2, 0) is 12.8 Å². The molecule has 1 amide bonds. The van der Waals surface area contributed by atoms with Crippen LogP contribution < -0.4 is 10.6 Å². The third kappa shape index (κ3) is 3.71. The van der Waals surface area contributed by atoms with Crippen molar-refractivity contribution in [3.8, 4) is 5.69 Å². The van der Waals surface area contributed by atoms with Gasteiger partial charge in [-0.3, -0.25) is 4.79 Å². The summed E-state index contributed by atoms with van der Waals surface area (Å²) in [6.45, 7) is 4.22. The van der Waals surface area contributed by atoms with Crippen LogP contribution >= 0.6 is 0 Å². The molecule has 0 saturated heterocycles. The van der Waals surface area contributed by atoms with Gasteiger partial charge in [0, 0.05) is 30.4 Å². The summed E-state index contributed by atoms with van der Waals surface area (Å²) in [4.78, 5) is 12.5. The van der Waals surface area contributed by atoms with Crippen LogP contribution in [0.3, 0.4) is 0 Å². The van der Waals surface area contributed by atoms with Crippen molar-refractivity contribution in [1.29, 1.82) is 0 Å². The number of nitrogens with zero attached hydrogens (tertiary/aromatic N) is 2. The number of fused-ring (bicyclic) bond motifs is 1. The van der Waals surface area contributed by atoms with Crippen molar-refractivity contribution in [3.05, 3.63) is 46.8 Å². The van der Waals surface area contributed by atoms with Gasteiger partial charge in [0.15, 0.2) is 17.3 Å². The molecule has 0 bridgehead atoms. The summed E-state index contributed by atoms with van der Waals surface area (Å²) < 4.78 is 28.3. The molecular formula is C18H22F2N4O. The zero-order valence-electron chi connectivity index (χ0n) is 14.2. The predicted octanol–water partition coefficient (Wildman–Crippen LogP) is 2.37. The molecule has 25 heavy (non-hydrogen) atoms. The van der Waals surface area contributed by atoms with E-state index >= 15 is 0 Å². The molecule has 0 radical (unpaired) electrons. The number of carbonyl (C=O) groups excluding carboxylic acids is 1. The molecule has 134 valence electrons. The van der Waals surface area contributed by atoms with Crippen LogP contribution in [-0.4, -0.2) is 35.3 Å². The minimum atomic E-state index is -0.923. The molecule has 0 spiro atoms. The quantitative estimate of drug-likeness (QED) is 0.756. The Labute approximate surface area is 145 Å². The topological polar surface area (TPSA) is 58.9 Å². The van der Waals surface area contributed by atoms with Crippen LogP contribution in [0.2, 0.25) is 0 Å². The SMILES string of the molecule is CCCNCCNC(=O)c1nn(-c2ccc(F)c(F)c2)c2c1CCC2. The monoisotopic (exact) mass is 348 g/mol. The molecule has 0 unspecified atom stereocenters. The summed E-state index contributed by atoms with van der Waals surface area (Å²) in [7, 11) is 0. The average Bonchev–Trinajstić information content (AvgIpc) is 3.19. The summed E-state index contributed by atoms with van der Waals surface area (Å²) in [5, 5.41) is 10.5. The van der Waals surface area contributed by atoms with Crippen LogP contribution in [0.25, 0.3) is 5.69 Å². The zero-order chi connectivity index (χ0) is 17.8. The standard InChI is InChI=1S/C18H22F2N4O/c1-2-8-21-9-10-22-18(25)17-13-4-3-5-16(13)24(23-17)12-6-7-14(19)15(20)11-12/h6-7,11,21H,2-5,8-10H2,1H3,(H,22,25). The van der Waals surface area contributed by atoms with Gasteiger partial charge in [-0.2, -0.15) is 5.10 Å². The van der Waals surface area contributed by atoms with Gasteiger partial charge in [-0.25, -0.2) is 13.5 Å². The van der Waals surface area contributed by atoms with Gasteiger partial charge in [0.2, 0.25) is 0 Å². The van der Waals surface area contributed by atoms with E-state index in [1.165, 1.54) is 6.07 Å². The third-order valence-corrected chi connectivity index (χ3v) is 4.31. The summed E-state index contributed by atoms with van der Waals surface area (Å²) in [5.74, 6) is -2.05. The van der Waals surface area contributed by atoms with E-state index < -0.39 is 11.6 Å². The highest BCUT2D eigenvalue weighted by Gasteiger charge is 2.27. The molecule has 0 saturated carbocycles. The van der Waals surface area contributed by atoms with E-state index in [0.29, 0.717) is 24.5 Å². The second-order valence-electron chi connectivity index (χ2n) is 6.14. The molecule has 1 aromatic heterocycles. The van der Waals surface area contributed by atoms with Gasteiger partial charge in [-0.05, 0) is 44.4 Å². The first-order chi connectivity index (χ1) is 12.1. The number of halogens is 2. The molecule has 1 aromatic carbocycles.